The largest absolute Gasteiger partial charge is 0.385 e. The van der Waals surface area contributed by atoms with Gasteiger partial charge < -0.3 is 10.5 Å². The van der Waals surface area contributed by atoms with Gasteiger partial charge in [-0.25, -0.2) is 0 Å². The number of hydrogen-bond acceptors (Lipinski definition) is 3. The fraction of sp³-hybridized carbons (Fsp3) is 0.500. The highest BCUT2D eigenvalue weighted by Gasteiger charge is 2.04. The summed E-state index contributed by atoms with van der Waals surface area (Å²) in [6.07, 6.45) is 5.51. The van der Waals surface area contributed by atoms with Crippen molar-refractivity contribution in [3.8, 4) is 0 Å². The molecule has 1 unspecified atom stereocenters. The zero-order valence-electron chi connectivity index (χ0n) is 7.94. The standard InChI is InChI=1S/C10H16N2O/c1-13-7-3-5-10(11)9-4-2-6-12-8-9/h2,4,6,8,10H,3,5,7,11H2,1H3. The molecule has 1 aromatic rings. The van der Waals surface area contributed by atoms with Crippen molar-refractivity contribution in [1.82, 2.24) is 4.98 Å². The minimum absolute atomic E-state index is 0.0869. The first-order valence-corrected chi connectivity index (χ1v) is 4.49. The van der Waals surface area contributed by atoms with Gasteiger partial charge in [0.2, 0.25) is 0 Å². The SMILES string of the molecule is COCCCC(N)c1cccnc1. The molecule has 0 aliphatic rings. The lowest BCUT2D eigenvalue weighted by molar-refractivity contribution is 0.190. The molecule has 0 fully saturated rings. The van der Waals surface area contributed by atoms with Crippen LogP contribution in [0.15, 0.2) is 24.5 Å². The molecule has 3 heteroatoms. The van der Waals surface area contributed by atoms with E-state index >= 15 is 0 Å². The quantitative estimate of drug-likeness (QED) is 0.699. The van der Waals surface area contributed by atoms with Crippen LogP contribution >= 0.6 is 0 Å². The molecule has 0 amide bonds. The summed E-state index contributed by atoms with van der Waals surface area (Å²) in [6, 6.07) is 4.00. The van der Waals surface area contributed by atoms with E-state index in [9.17, 15) is 0 Å². The van der Waals surface area contributed by atoms with Gasteiger partial charge in [0, 0.05) is 32.2 Å². The summed E-state index contributed by atoms with van der Waals surface area (Å²) in [5.41, 5.74) is 7.04. The maximum atomic E-state index is 5.94. The molecule has 1 heterocycles. The molecule has 0 bridgehead atoms. The van der Waals surface area contributed by atoms with E-state index in [1.807, 2.05) is 18.3 Å². The van der Waals surface area contributed by atoms with Crippen LogP contribution in [0.5, 0.6) is 0 Å². The first-order valence-electron chi connectivity index (χ1n) is 4.49. The molecule has 1 atom stereocenters. The highest BCUT2D eigenvalue weighted by Crippen LogP contribution is 2.13. The van der Waals surface area contributed by atoms with Crippen LogP contribution in [0.2, 0.25) is 0 Å². The molecule has 0 aliphatic carbocycles. The van der Waals surface area contributed by atoms with Gasteiger partial charge in [-0.1, -0.05) is 6.07 Å². The lowest BCUT2D eigenvalue weighted by Crippen LogP contribution is -2.11. The Hall–Kier alpha value is -0.930. The number of nitrogens with zero attached hydrogens (tertiary/aromatic N) is 1. The van der Waals surface area contributed by atoms with Crippen molar-refractivity contribution in [3.63, 3.8) is 0 Å². The van der Waals surface area contributed by atoms with Crippen LogP contribution in [0, 0.1) is 0 Å². The normalized spacial score (nSPS) is 12.8. The van der Waals surface area contributed by atoms with E-state index in [1.165, 1.54) is 0 Å². The van der Waals surface area contributed by atoms with Crippen LogP contribution in [0.1, 0.15) is 24.4 Å². The van der Waals surface area contributed by atoms with Gasteiger partial charge in [0.1, 0.15) is 0 Å². The number of aromatic nitrogens is 1. The van der Waals surface area contributed by atoms with Crippen molar-refractivity contribution in [2.75, 3.05) is 13.7 Å². The molecule has 72 valence electrons. The van der Waals surface area contributed by atoms with Crippen LogP contribution < -0.4 is 5.73 Å². The number of hydrogen-bond donors (Lipinski definition) is 1. The Morgan fingerprint density at radius 1 is 1.62 bits per heavy atom. The maximum Gasteiger partial charge on any atom is 0.0462 e. The van der Waals surface area contributed by atoms with Crippen molar-refractivity contribution in [2.24, 2.45) is 5.73 Å². The van der Waals surface area contributed by atoms with Gasteiger partial charge in [0.15, 0.2) is 0 Å². The molecule has 2 N–H and O–H groups in total. The molecular formula is C10H16N2O. The lowest BCUT2D eigenvalue weighted by atomic mass is 10.1. The summed E-state index contributed by atoms with van der Waals surface area (Å²) in [4.78, 5) is 4.02. The van der Waals surface area contributed by atoms with E-state index < -0.39 is 0 Å². The molecule has 0 radical (unpaired) electrons. The minimum Gasteiger partial charge on any atom is -0.385 e. The van der Waals surface area contributed by atoms with Crippen molar-refractivity contribution < 1.29 is 4.74 Å². The molecule has 0 aliphatic heterocycles. The van der Waals surface area contributed by atoms with Crippen molar-refractivity contribution >= 4 is 0 Å². The Bertz CT molecular complexity index is 226. The van der Waals surface area contributed by atoms with Crippen LogP contribution in [0.4, 0.5) is 0 Å². The molecule has 1 rings (SSSR count). The first kappa shape index (κ1) is 10.2. The molecule has 0 spiro atoms. The molecular weight excluding hydrogens is 164 g/mol. The summed E-state index contributed by atoms with van der Waals surface area (Å²) < 4.78 is 4.96. The third kappa shape index (κ3) is 3.53. The Kier molecular flexibility index (Phi) is 4.43. The Morgan fingerprint density at radius 3 is 3.08 bits per heavy atom. The predicted molar refractivity (Wildman–Crippen MR) is 52.3 cm³/mol. The summed E-state index contributed by atoms with van der Waals surface area (Å²) in [5.74, 6) is 0. The van der Waals surface area contributed by atoms with E-state index in [-0.39, 0.29) is 6.04 Å². The predicted octanol–water partition coefficient (Wildman–Crippen LogP) is 1.51. The fourth-order valence-electron chi connectivity index (χ4n) is 1.21. The van der Waals surface area contributed by atoms with E-state index in [0.717, 1.165) is 25.0 Å². The number of nitrogens with two attached hydrogens (primary N) is 1. The Morgan fingerprint density at radius 2 is 2.46 bits per heavy atom. The number of methoxy groups -OCH3 is 1. The molecule has 0 aromatic carbocycles. The van der Waals surface area contributed by atoms with Crippen LogP contribution in [-0.2, 0) is 4.74 Å². The van der Waals surface area contributed by atoms with Crippen LogP contribution in [0.3, 0.4) is 0 Å². The molecule has 0 saturated carbocycles. The first-order chi connectivity index (χ1) is 6.34. The fourth-order valence-corrected chi connectivity index (χ4v) is 1.21. The number of ether oxygens (including phenoxy) is 1. The lowest BCUT2D eigenvalue weighted by Gasteiger charge is -2.10. The second-order valence-corrected chi connectivity index (χ2v) is 3.03. The van der Waals surface area contributed by atoms with Gasteiger partial charge in [-0.2, -0.15) is 0 Å². The second kappa shape index (κ2) is 5.67. The molecule has 0 saturated heterocycles. The smallest absolute Gasteiger partial charge is 0.0462 e. The Balaban J connectivity index is 2.35. The van der Waals surface area contributed by atoms with Crippen molar-refractivity contribution in [1.29, 1.82) is 0 Å². The monoisotopic (exact) mass is 180 g/mol. The topological polar surface area (TPSA) is 48.1 Å². The van der Waals surface area contributed by atoms with E-state index in [0.29, 0.717) is 0 Å². The third-order valence-electron chi connectivity index (χ3n) is 1.98. The highest BCUT2D eigenvalue weighted by molar-refractivity contribution is 5.12. The molecule has 3 nitrogen and oxygen atoms in total. The van der Waals surface area contributed by atoms with Crippen LogP contribution in [0.25, 0.3) is 0 Å². The van der Waals surface area contributed by atoms with Crippen molar-refractivity contribution in [3.05, 3.63) is 30.1 Å². The van der Waals surface area contributed by atoms with Gasteiger partial charge in [0.05, 0.1) is 0 Å². The van der Waals surface area contributed by atoms with Crippen LogP contribution in [-0.4, -0.2) is 18.7 Å². The highest BCUT2D eigenvalue weighted by atomic mass is 16.5. The van der Waals surface area contributed by atoms with E-state index in [2.05, 4.69) is 4.98 Å². The van der Waals surface area contributed by atoms with Gasteiger partial charge in [-0.05, 0) is 24.5 Å². The molecule has 13 heavy (non-hydrogen) atoms. The third-order valence-corrected chi connectivity index (χ3v) is 1.98. The summed E-state index contributed by atoms with van der Waals surface area (Å²) in [5, 5.41) is 0. The van der Waals surface area contributed by atoms with Gasteiger partial charge in [-0.3, -0.25) is 4.98 Å². The summed E-state index contributed by atoms with van der Waals surface area (Å²) >= 11 is 0. The maximum absolute atomic E-state index is 5.94. The number of rotatable bonds is 5. The van der Waals surface area contributed by atoms with Gasteiger partial charge >= 0.3 is 0 Å². The minimum atomic E-state index is 0.0869. The van der Waals surface area contributed by atoms with E-state index in [1.54, 1.807) is 13.3 Å². The zero-order valence-corrected chi connectivity index (χ0v) is 7.94. The number of pyridine rings is 1. The van der Waals surface area contributed by atoms with Gasteiger partial charge in [0.25, 0.3) is 0 Å². The Labute approximate surface area is 78.9 Å². The van der Waals surface area contributed by atoms with Gasteiger partial charge in [-0.15, -0.1) is 0 Å². The summed E-state index contributed by atoms with van der Waals surface area (Å²) in [7, 11) is 1.70. The van der Waals surface area contributed by atoms with E-state index in [4.69, 9.17) is 10.5 Å². The van der Waals surface area contributed by atoms with Crippen molar-refractivity contribution in [2.45, 2.75) is 18.9 Å². The average molecular weight is 180 g/mol. The second-order valence-electron chi connectivity index (χ2n) is 3.03. The zero-order chi connectivity index (χ0) is 9.52. The molecule has 1 aromatic heterocycles. The summed E-state index contributed by atoms with van der Waals surface area (Å²) in [6.45, 7) is 0.772. The average Bonchev–Trinajstić information content (AvgIpc) is 2.19.